The SMILES string of the molecule is N#Cc1ccc(C(O)CNCCO)c2ccn(SI)c12. The quantitative estimate of drug-likeness (QED) is 0.508. The highest BCUT2D eigenvalue weighted by atomic mass is 127. The number of nitrogens with one attached hydrogen (secondary N) is 1. The number of aliphatic hydroxyl groups excluding tert-OH is 2. The fourth-order valence-electron chi connectivity index (χ4n) is 2.12. The largest absolute Gasteiger partial charge is 0.395 e. The van der Waals surface area contributed by atoms with E-state index in [2.05, 4.69) is 32.6 Å². The molecule has 20 heavy (non-hydrogen) atoms. The van der Waals surface area contributed by atoms with Crippen LogP contribution in [0.3, 0.4) is 0 Å². The summed E-state index contributed by atoms with van der Waals surface area (Å²) in [4.78, 5) is 0. The van der Waals surface area contributed by atoms with Crippen molar-refractivity contribution < 1.29 is 10.2 Å². The summed E-state index contributed by atoms with van der Waals surface area (Å²) >= 11 is 2.16. The van der Waals surface area contributed by atoms with Crippen LogP contribution < -0.4 is 5.32 Å². The summed E-state index contributed by atoms with van der Waals surface area (Å²) in [6.45, 7) is 0.850. The van der Waals surface area contributed by atoms with Gasteiger partial charge in [0.1, 0.15) is 6.07 Å². The molecule has 2 aromatic rings. The predicted molar refractivity (Wildman–Crippen MR) is 88.6 cm³/mol. The second-order valence-corrected chi connectivity index (χ2v) is 5.94. The van der Waals surface area contributed by atoms with E-state index in [0.29, 0.717) is 18.7 Å². The van der Waals surface area contributed by atoms with Gasteiger partial charge in [0.25, 0.3) is 0 Å². The molecule has 0 aliphatic carbocycles. The number of nitriles is 1. The number of rotatable bonds is 6. The second kappa shape index (κ2) is 7.28. The van der Waals surface area contributed by atoms with E-state index >= 15 is 0 Å². The Morgan fingerprint density at radius 2 is 2.25 bits per heavy atom. The molecule has 0 aliphatic rings. The predicted octanol–water partition coefficient (Wildman–Crippen LogP) is 1.97. The monoisotopic (exact) mass is 403 g/mol. The van der Waals surface area contributed by atoms with Crippen molar-refractivity contribution in [2.45, 2.75) is 6.10 Å². The van der Waals surface area contributed by atoms with Crippen LogP contribution in [0.25, 0.3) is 10.9 Å². The number of hydrogen-bond acceptors (Lipinski definition) is 5. The van der Waals surface area contributed by atoms with Crippen molar-refractivity contribution in [2.24, 2.45) is 0 Å². The summed E-state index contributed by atoms with van der Waals surface area (Å²) in [5, 5.41) is 32.0. The summed E-state index contributed by atoms with van der Waals surface area (Å²) < 4.78 is 1.91. The Bertz CT molecular complexity index is 638. The van der Waals surface area contributed by atoms with Gasteiger partial charge in [-0.2, -0.15) is 5.26 Å². The maximum Gasteiger partial charge on any atom is 0.101 e. The minimum Gasteiger partial charge on any atom is -0.395 e. The van der Waals surface area contributed by atoms with Crippen molar-refractivity contribution in [3.63, 3.8) is 0 Å². The van der Waals surface area contributed by atoms with Crippen LogP contribution in [-0.4, -0.2) is 33.9 Å². The molecule has 106 valence electrons. The van der Waals surface area contributed by atoms with Crippen molar-refractivity contribution in [2.75, 3.05) is 19.7 Å². The van der Waals surface area contributed by atoms with Crippen LogP contribution in [0.4, 0.5) is 0 Å². The Labute approximate surface area is 133 Å². The third kappa shape index (κ3) is 3.10. The van der Waals surface area contributed by atoms with Gasteiger partial charge in [-0.1, -0.05) is 6.07 Å². The van der Waals surface area contributed by atoms with Crippen LogP contribution in [0.1, 0.15) is 17.2 Å². The lowest BCUT2D eigenvalue weighted by Gasteiger charge is -2.14. The maximum absolute atomic E-state index is 10.2. The van der Waals surface area contributed by atoms with Crippen molar-refractivity contribution in [3.8, 4) is 6.07 Å². The summed E-state index contributed by atoms with van der Waals surface area (Å²) in [7, 11) is 1.48. The molecule has 1 aromatic heterocycles. The lowest BCUT2D eigenvalue weighted by atomic mass is 10.0. The van der Waals surface area contributed by atoms with Crippen molar-refractivity contribution in [1.29, 1.82) is 5.26 Å². The molecule has 5 nitrogen and oxygen atoms in total. The van der Waals surface area contributed by atoms with Crippen LogP contribution in [0.5, 0.6) is 0 Å². The Hall–Kier alpha value is -0.790. The highest BCUT2D eigenvalue weighted by molar-refractivity contribution is 14.2. The molecule has 1 heterocycles. The zero-order valence-corrected chi connectivity index (χ0v) is 13.6. The number of fused-ring (bicyclic) bond motifs is 1. The van der Waals surface area contributed by atoms with Gasteiger partial charge in [-0.3, -0.25) is 3.97 Å². The third-order valence-electron chi connectivity index (χ3n) is 3.03. The van der Waals surface area contributed by atoms with E-state index in [0.717, 1.165) is 16.5 Å². The van der Waals surface area contributed by atoms with Crippen molar-refractivity contribution in [1.82, 2.24) is 9.29 Å². The highest BCUT2D eigenvalue weighted by Gasteiger charge is 2.16. The van der Waals surface area contributed by atoms with Crippen LogP contribution in [0, 0.1) is 11.3 Å². The van der Waals surface area contributed by atoms with E-state index in [1.807, 2.05) is 16.2 Å². The Balaban J connectivity index is 2.40. The van der Waals surface area contributed by atoms with Crippen LogP contribution in [-0.2, 0) is 0 Å². The molecule has 0 saturated carbocycles. The molecule has 3 N–H and O–H groups in total. The Morgan fingerprint density at radius 3 is 2.90 bits per heavy atom. The molecule has 0 radical (unpaired) electrons. The zero-order valence-electron chi connectivity index (χ0n) is 10.6. The number of hydrogen-bond donors (Lipinski definition) is 3. The topological polar surface area (TPSA) is 81.2 Å². The first-order valence-corrected chi connectivity index (χ1v) is 9.37. The maximum atomic E-state index is 10.2. The number of aliphatic hydroxyl groups is 2. The second-order valence-electron chi connectivity index (χ2n) is 4.23. The molecule has 1 atom stereocenters. The fourth-order valence-corrected chi connectivity index (χ4v) is 3.48. The van der Waals surface area contributed by atoms with Crippen molar-refractivity contribution >= 4 is 41.2 Å². The molecule has 2 rings (SSSR count). The third-order valence-corrected chi connectivity index (χ3v) is 4.75. The van der Waals surface area contributed by atoms with Gasteiger partial charge in [-0.05, 0) is 17.7 Å². The lowest BCUT2D eigenvalue weighted by Crippen LogP contribution is -2.24. The molecule has 0 aliphatic heterocycles. The number of aromatic nitrogens is 1. The van der Waals surface area contributed by atoms with Gasteiger partial charge in [0.05, 0.1) is 23.8 Å². The standard InChI is InChI=1S/C13H14IN3O2S/c14-20-17-5-3-11-10(12(19)8-16-4-6-18)2-1-9(7-15)13(11)17/h1-3,5,12,16,18-19H,4,6,8H2. The zero-order chi connectivity index (χ0) is 14.5. The number of benzene rings is 1. The fraction of sp³-hybridized carbons (Fsp3) is 0.308. The van der Waals surface area contributed by atoms with E-state index in [1.165, 1.54) is 9.12 Å². The van der Waals surface area contributed by atoms with Crippen LogP contribution in [0.2, 0.25) is 0 Å². The minimum atomic E-state index is -0.674. The van der Waals surface area contributed by atoms with Crippen LogP contribution >= 0.6 is 30.3 Å². The molecule has 1 aromatic carbocycles. The average Bonchev–Trinajstić information content (AvgIpc) is 2.90. The normalized spacial score (nSPS) is 12.5. The summed E-state index contributed by atoms with van der Waals surface area (Å²) in [5.74, 6) is 0. The lowest BCUT2D eigenvalue weighted by molar-refractivity contribution is 0.172. The first kappa shape index (κ1) is 15.6. The van der Waals surface area contributed by atoms with E-state index in [-0.39, 0.29) is 6.61 Å². The Kier molecular flexibility index (Phi) is 5.68. The highest BCUT2D eigenvalue weighted by Crippen LogP contribution is 2.32. The van der Waals surface area contributed by atoms with Crippen molar-refractivity contribution in [3.05, 3.63) is 35.5 Å². The summed E-state index contributed by atoms with van der Waals surface area (Å²) in [6.07, 6.45) is 1.21. The van der Waals surface area contributed by atoms with Gasteiger partial charge in [0, 0.05) is 55.0 Å². The Morgan fingerprint density at radius 1 is 1.45 bits per heavy atom. The molecule has 0 amide bonds. The molecule has 0 fully saturated rings. The van der Waals surface area contributed by atoms with E-state index in [9.17, 15) is 10.4 Å². The number of nitrogens with zero attached hydrogens (tertiary/aromatic N) is 2. The van der Waals surface area contributed by atoms with Gasteiger partial charge in [-0.25, -0.2) is 0 Å². The first-order chi connectivity index (χ1) is 9.72. The molecular weight excluding hydrogens is 389 g/mol. The number of halogens is 1. The van der Waals surface area contributed by atoms with Gasteiger partial charge in [-0.15, -0.1) is 0 Å². The average molecular weight is 403 g/mol. The van der Waals surface area contributed by atoms with Gasteiger partial charge in [0.15, 0.2) is 0 Å². The molecule has 7 heteroatoms. The van der Waals surface area contributed by atoms with E-state index in [4.69, 9.17) is 5.11 Å². The van der Waals surface area contributed by atoms with E-state index < -0.39 is 6.10 Å². The molecule has 0 bridgehead atoms. The molecule has 0 spiro atoms. The molecule has 0 saturated heterocycles. The van der Waals surface area contributed by atoms with E-state index in [1.54, 1.807) is 12.1 Å². The minimum absolute atomic E-state index is 0.0390. The smallest absolute Gasteiger partial charge is 0.101 e. The van der Waals surface area contributed by atoms with Gasteiger partial charge < -0.3 is 15.5 Å². The summed E-state index contributed by atoms with van der Waals surface area (Å²) in [5.41, 5.74) is 2.20. The molecule has 1 unspecified atom stereocenters. The summed E-state index contributed by atoms with van der Waals surface area (Å²) in [6, 6.07) is 7.61. The van der Waals surface area contributed by atoms with Gasteiger partial charge in [0.2, 0.25) is 0 Å². The van der Waals surface area contributed by atoms with Gasteiger partial charge >= 0.3 is 0 Å². The molecular formula is C13H14IN3O2S. The van der Waals surface area contributed by atoms with Crippen LogP contribution in [0.15, 0.2) is 24.4 Å². The first-order valence-electron chi connectivity index (χ1n) is 6.05.